The van der Waals surface area contributed by atoms with Gasteiger partial charge in [0.1, 0.15) is 5.75 Å². The lowest BCUT2D eigenvalue weighted by molar-refractivity contribution is 0.478. The first-order chi connectivity index (χ1) is 16.0. The van der Waals surface area contributed by atoms with Gasteiger partial charge in [0.05, 0.1) is 17.1 Å². The Kier molecular flexibility index (Phi) is 42.2. The average Bonchev–Trinajstić information content (AvgIpc) is 2.89. The van der Waals surface area contributed by atoms with Crippen molar-refractivity contribution in [2.24, 2.45) is 0 Å². The van der Waals surface area contributed by atoms with Crippen molar-refractivity contribution in [1.29, 1.82) is 0 Å². The van der Waals surface area contributed by atoms with E-state index in [-0.39, 0.29) is 13.2 Å². The number of halogens is 2. The largest absolute Gasteiger partial charge is 0.506 e. The summed E-state index contributed by atoms with van der Waals surface area (Å²) in [5, 5.41) is 11.8. The Labute approximate surface area is 238 Å². The molecule has 0 saturated carbocycles. The zero-order chi connectivity index (χ0) is 26.7. The van der Waals surface area contributed by atoms with Gasteiger partial charge in [0.15, 0.2) is 0 Å². The zero-order valence-electron chi connectivity index (χ0n) is 20.8. The van der Waals surface area contributed by atoms with Gasteiger partial charge in [-0.2, -0.15) is 0 Å². The number of thiol groups is 1. The molecule has 0 aromatic heterocycles. The number of nitrogen functional groups attached to an aromatic ring is 3. The average molecular weight is 717 g/mol. The molecule has 0 atom stereocenters. The van der Waals surface area contributed by atoms with Crippen LogP contribution < -0.4 is 22.5 Å². The van der Waals surface area contributed by atoms with Crippen LogP contribution >= 0.6 is 49.9 Å². The third-order valence-corrected chi connectivity index (χ3v) is 3.51. The second-order valence-electron chi connectivity index (χ2n) is 4.95. The first kappa shape index (κ1) is 42.6. The third-order valence-electron chi connectivity index (χ3n) is 3.10. The van der Waals surface area contributed by atoms with Gasteiger partial charge >= 0.3 is 0 Å². The molecule has 0 radical (unpaired) electrons. The predicted octanol–water partition coefficient (Wildman–Crippen LogP) is 9.33. The highest BCUT2D eigenvalue weighted by Gasteiger charge is 1.89. The van der Waals surface area contributed by atoms with Crippen LogP contribution in [0.25, 0.3) is 0 Å². The summed E-state index contributed by atoms with van der Waals surface area (Å²) in [6, 6.07) is 21.8. The molecule has 8 N–H and O–H groups in total. The fourth-order valence-corrected chi connectivity index (χ4v) is 1.86. The summed E-state index contributed by atoms with van der Waals surface area (Å²) in [4.78, 5) is 0.840. The normalized spacial score (nSPS) is 7.35. The molecular formula is C26H46I2N4OS. The first-order valence-electron chi connectivity index (χ1n) is 10.7. The standard InChI is InChI=1S/C7H10N2.C6H7NO.C6H7NS.3C2H6.CH4.I2/c1-9-7-5-3-2-4-6(7)8;2*7-5-3-1-2-4-6(5)8;3*1-2;;1-2/h2-5,9H,8H2,1H3;2*1-4,8H,7H2;3*1-2H3;1H4;. The highest BCUT2D eigenvalue weighted by atomic mass is 128. The number of hydrogen-bond donors (Lipinski definition) is 6. The fraction of sp³-hybridized carbons (Fsp3) is 0.308. The van der Waals surface area contributed by atoms with Crippen molar-refractivity contribution in [2.45, 2.75) is 53.9 Å². The molecular weight excluding hydrogens is 670 g/mol. The lowest BCUT2D eigenvalue weighted by Gasteiger charge is -2.01. The van der Waals surface area contributed by atoms with Gasteiger partial charge in [-0.1, -0.05) is 85.4 Å². The van der Waals surface area contributed by atoms with Gasteiger partial charge in [0.25, 0.3) is 0 Å². The lowest BCUT2D eigenvalue weighted by atomic mass is 10.3. The van der Waals surface area contributed by atoms with Crippen LogP contribution in [-0.2, 0) is 0 Å². The number of para-hydroxylation sites is 5. The van der Waals surface area contributed by atoms with Crippen molar-refractivity contribution in [2.75, 3.05) is 29.6 Å². The van der Waals surface area contributed by atoms with Crippen LogP contribution in [-0.4, -0.2) is 12.2 Å². The third kappa shape index (κ3) is 23.6. The van der Waals surface area contributed by atoms with Crippen molar-refractivity contribution in [3.8, 4) is 5.75 Å². The number of hydrogen-bond acceptors (Lipinski definition) is 6. The first-order valence-corrected chi connectivity index (χ1v) is 17.4. The summed E-state index contributed by atoms with van der Waals surface area (Å²) < 4.78 is 0. The zero-order valence-corrected chi connectivity index (χ0v) is 26.0. The van der Waals surface area contributed by atoms with Gasteiger partial charge in [-0.25, -0.2) is 0 Å². The quantitative estimate of drug-likeness (QED) is 0.0651. The minimum Gasteiger partial charge on any atom is -0.506 e. The van der Waals surface area contributed by atoms with Crippen LogP contribution in [0.1, 0.15) is 49.0 Å². The van der Waals surface area contributed by atoms with Gasteiger partial charge in [0, 0.05) is 54.9 Å². The van der Waals surface area contributed by atoms with E-state index in [9.17, 15) is 0 Å². The highest BCUT2D eigenvalue weighted by molar-refractivity contribution is 15.0. The van der Waals surface area contributed by atoms with E-state index in [1.54, 1.807) is 24.3 Å². The Balaban J connectivity index is -0.000000106. The number of phenols is 1. The Morgan fingerprint density at radius 2 is 1.00 bits per heavy atom. The number of nitrogens with one attached hydrogen (secondary N) is 1. The van der Waals surface area contributed by atoms with E-state index in [0.717, 1.165) is 22.0 Å². The number of aromatic hydroxyl groups is 1. The molecule has 0 amide bonds. The van der Waals surface area contributed by atoms with Crippen LogP contribution in [0.2, 0.25) is 0 Å². The smallest absolute Gasteiger partial charge is 0.138 e. The minimum absolute atomic E-state index is 0. The van der Waals surface area contributed by atoms with Crippen LogP contribution in [0.3, 0.4) is 0 Å². The topological polar surface area (TPSA) is 110 Å². The molecule has 34 heavy (non-hydrogen) atoms. The lowest BCUT2D eigenvalue weighted by Crippen LogP contribution is -1.93. The van der Waals surface area contributed by atoms with E-state index >= 15 is 0 Å². The minimum atomic E-state index is 0. The molecule has 0 saturated heterocycles. The van der Waals surface area contributed by atoms with Crippen molar-refractivity contribution in [1.82, 2.24) is 0 Å². The molecule has 0 heterocycles. The number of nitrogens with two attached hydrogens (primary N) is 3. The number of rotatable bonds is 1. The molecule has 0 bridgehead atoms. The van der Waals surface area contributed by atoms with Crippen LogP contribution in [0.5, 0.6) is 5.75 Å². The van der Waals surface area contributed by atoms with Crippen molar-refractivity contribution < 1.29 is 5.11 Å². The van der Waals surface area contributed by atoms with Gasteiger partial charge in [-0.15, -0.1) is 12.6 Å². The second-order valence-corrected chi connectivity index (χ2v) is 5.44. The molecule has 196 valence electrons. The van der Waals surface area contributed by atoms with Gasteiger partial charge in [-0.05, 0) is 36.4 Å². The Morgan fingerprint density at radius 3 is 1.24 bits per heavy atom. The maximum atomic E-state index is 8.79. The summed E-state index contributed by atoms with van der Waals surface area (Å²) >= 11 is 8.31. The Bertz CT molecular complexity index is 709. The summed E-state index contributed by atoms with van der Waals surface area (Å²) in [7, 11) is 1.85. The van der Waals surface area contributed by atoms with Crippen molar-refractivity contribution in [3.63, 3.8) is 0 Å². The molecule has 8 heteroatoms. The van der Waals surface area contributed by atoms with E-state index in [4.69, 9.17) is 22.3 Å². The molecule has 0 spiro atoms. The van der Waals surface area contributed by atoms with E-state index in [1.807, 2.05) is 97.1 Å². The maximum Gasteiger partial charge on any atom is 0.138 e. The maximum absolute atomic E-state index is 8.79. The molecule has 0 aliphatic rings. The highest BCUT2D eigenvalue weighted by Crippen LogP contribution is 2.16. The van der Waals surface area contributed by atoms with E-state index in [0.29, 0.717) is 5.69 Å². The summed E-state index contributed by atoms with van der Waals surface area (Å²) in [5.41, 5.74) is 19.2. The summed E-state index contributed by atoms with van der Waals surface area (Å²) in [6.45, 7) is 12.0. The van der Waals surface area contributed by atoms with Crippen molar-refractivity contribution in [3.05, 3.63) is 72.8 Å². The van der Waals surface area contributed by atoms with Gasteiger partial charge in [-0.3, -0.25) is 0 Å². The monoisotopic (exact) mass is 716 g/mol. The predicted molar refractivity (Wildman–Crippen MR) is 180 cm³/mol. The van der Waals surface area contributed by atoms with Crippen LogP contribution in [0.4, 0.5) is 22.7 Å². The van der Waals surface area contributed by atoms with Crippen LogP contribution in [0.15, 0.2) is 77.7 Å². The fourth-order valence-electron chi connectivity index (χ4n) is 1.70. The Morgan fingerprint density at radius 1 is 0.647 bits per heavy atom. The van der Waals surface area contributed by atoms with E-state index < -0.39 is 0 Å². The molecule has 0 aliphatic heterocycles. The number of benzene rings is 3. The Hall–Kier alpha value is -1.53. The van der Waals surface area contributed by atoms with Crippen molar-refractivity contribution >= 4 is 72.6 Å². The number of anilines is 4. The molecule has 3 aromatic carbocycles. The molecule has 3 rings (SSSR count). The molecule has 0 unspecified atom stereocenters. The molecule has 3 aromatic rings. The summed E-state index contributed by atoms with van der Waals surface area (Å²) in [5.74, 6) is 0.146. The SMILES string of the molecule is C.CC.CC.CC.CNc1ccccc1N.II.Nc1ccccc1O.Nc1ccccc1S. The molecule has 5 nitrogen and oxygen atoms in total. The summed E-state index contributed by atoms with van der Waals surface area (Å²) in [6.07, 6.45) is 0. The number of phenolic OH excluding ortho intramolecular Hbond substituents is 1. The van der Waals surface area contributed by atoms with Crippen LogP contribution in [0, 0.1) is 0 Å². The molecule has 0 aliphatic carbocycles. The van der Waals surface area contributed by atoms with Gasteiger partial charge < -0.3 is 27.6 Å². The van der Waals surface area contributed by atoms with Gasteiger partial charge in [0.2, 0.25) is 0 Å². The van der Waals surface area contributed by atoms with E-state index in [1.165, 1.54) is 0 Å². The molecule has 0 fully saturated rings. The van der Waals surface area contributed by atoms with E-state index in [2.05, 4.69) is 55.2 Å². The second kappa shape index (κ2) is 33.6.